The van der Waals surface area contributed by atoms with Gasteiger partial charge >= 0.3 is 6.09 Å². The number of ether oxygens (including phenoxy) is 2. The first-order valence-electron chi connectivity index (χ1n) is 6.99. The second-order valence-corrected chi connectivity index (χ2v) is 6.02. The van der Waals surface area contributed by atoms with Gasteiger partial charge in [-0.3, -0.25) is 4.90 Å². The number of aliphatic hydroxyl groups is 1. The van der Waals surface area contributed by atoms with E-state index in [0.717, 1.165) is 39.3 Å². The maximum absolute atomic E-state index is 11.8. The molecule has 1 atom stereocenters. The summed E-state index contributed by atoms with van der Waals surface area (Å²) in [4.78, 5) is 14.7. The molecule has 2 fully saturated rings. The molecule has 2 rings (SSSR count). The van der Waals surface area contributed by atoms with Crippen LogP contribution in [-0.4, -0.2) is 66.8 Å². The third kappa shape index (κ3) is 2.85. The fourth-order valence-corrected chi connectivity index (χ4v) is 2.58. The van der Waals surface area contributed by atoms with Crippen LogP contribution in [0.3, 0.4) is 0 Å². The Morgan fingerprint density at radius 2 is 1.95 bits per heavy atom. The quantitative estimate of drug-likeness (QED) is 0.706. The minimum atomic E-state index is -1.25. The molecule has 2 heterocycles. The zero-order valence-electron chi connectivity index (χ0n) is 12.1. The molecule has 2 aliphatic heterocycles. The lowest BCUT2D eigenvalue weighted by Gasteiger charge is -2.35. The minimum absolute atomic E-state index is 0.424. The number of morpholine rings is 1. The second kappa shape index (κ2) is 5.26. The number of hydrogen-bond acceptors (Lipinski definition) is 4. The molecule has 0 unspecified atom stereocenters. The number of hydrogen-bond donors (Lipinski definition) is 2. The van der Waals surface area contributed by atoms with Crippen LogP contribution in [0.25, 0.3) is 0 Å². The van der Waals surface area contributed by atoms with Gasteiger partial charge in [-0.25, -0.2) is 4.79 Å². The van der Waals surface area contributed by atoms with E-state index in [4.69, 9.17) is 9.47 Å². The number of carbonyl (C=O) groups is 1. The van der Waals surface area contributed by atoms with Crippen molar-refractivity contribution in [3.63, 3.8) is 0 Å². The van der Waals surface area contributed by atoms with Crippen LogP contribution in [0.15, 0.2) is 0 Å². The van der Waals surface area contributed by atoms with Crippen molar-refractivity contribution in [3.8, 4) is 0 Å². The number of carbonyl (C=O) groups excluding carboxylic acids is 1. The van der Waals surface area contributed by atoms with Gasteiger partial charge in [0, 0.05) is 13.0 Å². The summed E-state index contributed by atoms with van der Waals surface area (Å²) < 4.78 is 10.5. The van der Waals surface area contributed by atoms with E-state index in [1.165, 1.54) is 9.80 Å². The van der Waals surface area contributed by atoms with Crippen molar-refractivity contribution in [3.05, 3.63) is 0 Å². The van der Waals surface area contributed by atoms with Crippen LogP contribution in [0.1, 0.15) is 27.2 Å². The standard InChI is InChI=1S/C13H24N2O4/c1-12(2)13(3,17)15(11(16)19-12)6-4-5-14-7-9-18-10-8-14/h17H,4-10H2,1-3H3/p+1/t13-/m1/s1. The molecule has 0 spiro atoms. The van der Waals surface area contributed by atoms with Gasteiger partial charge in [0.05, 0.1) is 19.8 Å². The highest BCUT2D eigenvalue weighted by Gasteiger charge is 2.56. The number of rotatable bonds is 4. The van der Waals surface area contributed by atoms with Crippen LogP contribution in [-0.2, 0) is 9.47 Å². The Kier molecular flexibility index (Phi) is 4.03. The summed E-state index contributed by atoms with van der Waals surface area (Å²) in [5.41, 5.74) is -2.11. The molecule has 0 aromatic heterocycles. The van der Waals surface area contributed by atoms with Crippen LogP contribution in [0.5, 0.6) is 0 Å². The van der Waals surface area contributed by atoms with Crippen molar-refractivity contribution >= 4 is 6.09 Å². The van der Waals surface area contributed by atoms with E-state index in [2.05, 4.69) is 0 Å². The van der Waals surface area contributed by atoms with E-state index < -0.39 is 17.4 Å². The Balaban J connectivity index is 1.83. The first-order valence-corrected chi connectivity index (χ1v) is 6.99. The smallest absolute Gasteiger partial charge is 0.412 e. The number of nitrogens with one attached hydrogen (secondary N) is 1. The van der Waals surface area contributed by atoms with E-state index in [-0.39, 0.29) is 0 Å². The van der Waals surface area contributed by atoms with E-state index in [1.54, 1.807) is 20.8 Å². The fraction of sp³-hybridized carbons (Fsp3) is 0.923. The lowest BCUT2D eigenvalue weighted by molar-refractivity contribution is -0.908. The largest absolute Gasteiger partial charge is 0.438 e. The van der Waals surface area contributed by atoms with Gasteiger partial charge in [0.15, 0.2) is 11.3 Å². The van der Waals surface area contributed by atoms with Crippen molar-refractivity contribution in [1.29, 1.82) is 0 Å². The molecule has 19 heavy (non-hydrogen) atoms. The molecule has 110 valence electrons. The summed E-state index contributed by atoms with van der Waals surface area (Å²) in [6.07, 6.45) is 0.434. The van der Waals surface area contributed by atoms with E-state index in [1.807, 2.05) is 0 Å². The molecular weight excluding hydrogens is 248 g/mol. The summed E-state index contributed by atoms with van der Waals surface area (Å²) >= 11 is 0. The van der Waals surface area contributed by atoms with E-state index in [9.17, 15) is 9.90 Å². The summed E-state index contributed by atoms with van der Waals surface area (Å²) in [7, 11) is 0. The Labute approximate surface area is 114 Å². The molecule has 6 heteroatoms. The van der Waals surface area contributed by atoms with Crippen LogP contribution >= 0.6 is 0 Å². The van der Waals surface area contributed by atoms with Gasteiger partial charge in [0.1, 0.15) is 13.1 Å². The average molecular weight is 273 g/mol. The molecule has 2 N–H and O–H groups in total. The van der Waals surface area contributed by atoms with Gasteiger partial charge in [-0.05, 0) is 20.8 Å². The predicted octanol–water partition coefficient (Wildman–Crippen LogP) is -0.769. The fourth-order valence-electron chi connectivity index (χ4n) is 2.58. The second-order valence-electron chi connectivity index (χ2n) is 6.02. The molecule has 0 aromatic carbocycles. The third-order valence-electron chi connectivity index (χ3n) is 4.34. The third-order valence-corrected chi connectivity index (χ3v) is 4.34. The normalized spacial score (nSPS) is 31.6. The van der Waals surface area contributed by atoms with Gasteiger partial charge in [-0.15, -0.1) is 0 Å². The number of nitrogens with zero attached hydrogens (tertiary/aromatic N) is 1. The Morgan fingerprint density at radius 1 is 1.32 bits per heavy atom. The molecule has 2 aliphatic rings. The first kappa shape index (κ1) is 14.6. The van der Waals surface area contributed by atoms with Crippen LogP contribution in [0.4, 0.5) is 4.79 Å². The van der Waals surface area contributed by atoms with Crippen molar-refractivity contribution in [2.24, 2.45) is 0 Å². The highest BCUT2D eigenvalue weighted by Crippen LogP contribution is 2.36. The molecule has 0 bridgehead atoms. The summed E-state index contributed by atoms with van der Waals surface area (Å²) in [6, 6.07) is 0. The van der Waals surface area contributed by atoms with Crippen molar-refractivity contribution in [1.82, 2.24) is 4.90 Å². The molecule has 0 saturated carbocycles. The highest BCUT2D eigenvalue weighted by molar-refractivity contribution is 5.72. The van der Waals surface area contributed by atoms with Crippen molar-refractivity contribution in [2.45, 2.75) is 38.5 Å². The number of cyclic esters (lactones) is 1. The predicted molar refractivity (Wildman–Crippen MR) is 68.9 cm³/mol. The summed E-state index contributed by atoms with van der Waals surface area (Å²) in [5, 5.41) is 10.4. The van der Waals surface area contributed by atoms with Crippen molar-refractivity contribution < 1.29 is 24.3 Å². The monoisotopic (exact) mass is 273 g/mol. The number of amides is 1. The maximum Gasteiger partial charge on any atom is 0.412 e. The summed E-state index contributed by atoms with van der Waals surface area (Å²) in [5.74, 6) is 0. The zero-order valence-corrected chi connectivity index (χ0v) is 12.1. The highest BCUT2D eigenvalue weighted by atomic mass is 16.6. The molecule has 1 amide bonds. The molecular formula is C13H25N2O4+. The lowest BCUT2D eigenvalue weighted by Crippen LogP contribution is -3.14. The minimum Gasteiger partial charge on any atom is -0.438 e. The van der Waals surface area contributed by atoms with Crippen LogP contribution in [0.2, 0.25) is 0 Å². The van der Waals surface area contributed by atoms with Crippen LogP contribution in [0, 0.1) is 0 Å². The number of quaternary nitrogens is 1. The van der Waals surface area contributed by atoms with Gasteiger partial charge in [-0.2, -0.15) is 0 Å². The van der Waals surface area contributed by atoms with Crippen LogP contribution < -0.4 is 4.90 Å². The van der Waals surface area contributed by atoms with E-state index in [0.29, 0.717) is 6.54 Å². The van der Waals surface area contributed by atoms with Gasteiger partial charge in [0.2, 0.25) is 0 Å². The maximum atomic E-state index is 11.8. The topological polar surface area (TPSA) is 63.4 Å². The average Bonchev–Trinajstić information content (AvgIpc) is 2.48. The van der Waals surface area contributed by atoms with Gasteiger partial charge in [-0.1, -0.05) is 0 Å². The Hall–Kier alpha value is -0.850. The van der Waals surface area contributed by atoms with E-state index >= 15 is 0 Å². The zero-order chi connectivity index (χ0) is 14.1. The van der Waals surface area contributed by atoms with Crippen molar-refractivity contribution in [2.75, 3.05) is 39.4 Å². The molecule has 0 aromatic rings. The summed E-state index contributed by atoms with van der Waals surface area (Å²) in [6.45, 7) is 10.3. The molecule has 0 radical (unpaired) electrons. The SMILES string of the molecule is CC1(C)OC(=O)N(CCC[NH+]2CCOCC2)[C@]1(C)O. The molecule has 0 aliphatic carbocycles. The Morgan fingerprint density at radius 3 is 2.47 bits per heavy atom. The molecule has 2 saturated heterocycles. The molecule has 6 nitrogen and oxygen atoms in total. The first-order chi connectivity index (χ1) is 8.84. The lowest BCUT2D eigenvalue weighted by atomic mass is 9.96. The van der Waals surface area contributed by atoms with Gasteiger partial charge in [0.25, 0.3) is 0 Å². The van der Waals surface area contributed by atoms with Gasteiger partial charge < -0.3 is 19.5 Å². The Bertz CT molecular complexity index is 338.